The summed E-state index contributed by atoms with van der Waals surface area (Å²) in [6, 6.07) is 23.1. The third-order valence-corrected chi connectivity index (χ3v) is 13.8. The normalized spacial score (nSPS) is 23.1. The largest absolute Gasteiger partial charge is 0.457 e. The molecule has 3 unspecified atom stereocenters. The Bertz CT molecular complexity index is 2410. The number of rotatable bonds is 9. The molecular weight excluding hydrogens is 799 g/mol. The van der Waals surface area contributed by atoms with Gasteiger partial charge in [0.25, 0.3) is 11.7 Å². The molecule has 0 radical (unpaired) electrons. The van der Waals surface area contributed by atoms with Crippen molar-refractivity contribution in [3.63, 3.8) is 0 Å². The average molecular weight is 853 g/mol. The molecule has 10 rings (SSSR count). The number of para-hydroxylation sites is 1. The van der Waals surface area contributed by atoms with Crippen molar-refractivity contribution in [2.24, 2.45) is 11.0 Å². The molecule has 0 bridgehead atoms. The zero-order chi connectivity index (χ0) is 43.0. The summed E-state index contributed by atoms with van der Waals surface area (Å²) in [5.74, 6) is 2.47. The topological polar surface area (TPSA) is 174 Å². The Morgan fingerprint density at radius 2 is 1.62 bits per heavy atom. The molecule has 16 nitrogen and oxygen atoms in total. The second-order valence-electron chi connectivity index (χ2n) is 17.6. The number of quaternary nitrogens is 1. The van der Waals surface area contributed by atoms with Crippen molar-refractivity contribution in [1.82, 2.24) is 34.9 Å². The third kappa shape index (κ3) is 8.32. The number of fused-ring (bicyclic) bond motifs is 2. The molecule has 3 atom stereocenters. The van der Waals surface area contributed by atoms with Gasteiger partial charge in [0.2, 0.25) is 11.8 Å². The minimum absolute atomic E-state index is 0.0314. The van der Waals surface area contributed by atoms with Crippen LogP contribution >= 0.6 is 0 Å². The minimum atomic E-state index is -0.604. The zero-order valence-corrected chi connectivity index (χ0v) is 35.5. The summed E-state index contributed by atoms with van der Waals surface area (Å²) in [5, 5.41) is 8.42. The zero-order valence-electron chi connectivity index (χ0n) is 35.5. The van der Waals surface area contributed by atoms with Crippen LogP contribution in [0.2, 0.25) is 0 Å². The van der Waals surface area contributed by atoms with Gasteiger partial charge in [-0.3, -0.25) is 24.6 Å². The van der Waals surface area contributed by atoms with Gasteiger partial charge in [-0.2, -0.15) is 9.99 Å². The lowest BCUT2D eigenvalue weighted by Crippen LogP contribution is -3.07. The van der Waals surface area contributed by atoms with Gasteiger partial charge in [-0.15, -0.1) is 0 Å². The molecule has 6 aliphatic heterocycles. The Morgan fingerprint density at radius 1 is 0.841 bits per heavy atom. The Kier molecular flexibility index (Phi) is 11.2. The number of nitrogens with two attached hydrogens (primary N) is 1. The molecule has 4 fully saturated rings. The molecule has 0 saturated carbocycles. The van der Waals surface area contributed by atoms with E-state index in [4.69, 9.17) is 15.6 Å². The molecule has 4 N–H and O–H groups in total. The number of hydrogen-bond acceptors (Lipinski definition) is 11. The first kappa shape index (κ1) is 40.7. The number of nitrogen functional groups attached to an aromatic ring is 1. The Labute approximate surface area is 366 Å². The fourth-order valence-corrected chi connectivity index (χ4v) is 10.2. The van der Waals surface area contributed by atoms with Crippen LogP contribution in [-0.4, -0.2) is 130 Å². The highest BCUT2D eigenvalue weighted by Crippen LogP contribution is 2.33. The van der Waals surface area contributed by atoms with E-state index in [1.165, 1.54) is 6.33 Å². The van der Waals surface area contributed by atoms with E-state index in [1.807, 2.05) is 76.5 Å². The number of imide groups is 1. The number of amides is 5. The predicted molar refractivity (Wildman–Crippen MR) is 236 cm³/mol. The summed E-state index contributed by atoms with van der Waals surface area (Å²) < 4.78 is 6.02. The van der Waals surface area contributed by atoms with Gasteiger partial charge in [0.05, 0.1) is 6.54 Å². The standard InChI is InChI=1S/C47H53N11O5/c48-43-41-42(32-8-11-37(12-9-32)63-36-6-2-1-3-7-36)52-58(44(41)50-30-49-43)35-5-4-19-56(29-35)47(62)55-25-23-53(24-26-55)20-16-31-17-21-54(22-18-31)34-10-13-38-33(27-34)28-57(46(38)61)39-14-15-40(59)51-45(39)60/h1-3,6-13,27,30-31,35,39H,4-5,14-26,28-29H2,(H2,48,49,50)(H,51,59,60)/p+1. The SMILES string of the molecule is Nc1ncnc2c1C(c1ccc(Oc3ccccc3)cc1)=N[NH+]2C1CCCN(C(=O)N2CCN(CCC3CCN(c4ccc5c(c4)CN(C4CCC(=O)NC4=O)C5=O)CC3)CC2)C1. The second-order valence-corrected chi connectivity index (χ2v) is 17.6. The van der Waals surface area contributed by atoms with Gasteiger partial charge in [-0.1, -0.05) is 23.3 Å². The first-order valence-corrected chi connectivity index (χ1v) is 22.4. The maximum absolute atomic E-state index is 14.0. The number of carbonyl (C=O) groups excluding carboxylic acids is 4. The molecule has 5 amide bonds. The average Bonchev–Trinajstić information content (AvgIpc) is 3.87. The molecule has 4 aromatic rings. The van der Waals surface area contributed by atoms with Gasteiger partial charge < -0.3 is 30.1 Å². The van der Waals surface area contributed by atoms with Crippen molar-refractivity contribution in [3.8, 4) is 11.5 Å². The molecule has 326 valence electrons. The number of likely N-dealkylation sites (tertiary alicyclic amines) is 1. The van der Waals surface area contributed by atoms with Crippen molar-refractivity contribution in [2.45, 2.75) is 63.6 Å². The van der Waals surface area contributed by atoms with E-state index >= 15 is 0 Å². The van der Waals surface area contributed by atoms with E-state index in [0.29, 0.717) is 36.8 Å². The number of carbonyl (C=O) groups is 4. The van der Waals surface area contributed by atoms with E-state index in [0.717, 1.165) is 135 Å². The van der Waals surface area contributed by atoms with E-state index in [1.54, 1.807) is 4.90 Å². The van der Waals surface area contributed by atoms with Gasteiger partial charge in [-0.05, 0) is 105 Å². The smallest absolute Gasteiger partial charge is 0.320 e. The van der Waals surface area contributed by atoms with Gasteiger partial charge >= 0.3 is 6.03 Å². The van der Waals surface area contributed by atoms with Crippen LogP contribution in [0, 0.1) is 5.92 Å². The Balaban J connectivity index is 0.692. The fraction of sp³-hybridized carbons (Fsp3) is 0.426. The number of aromatic nitrogens is 2. The number of urea groups is 1. The number of hydrogen-bond donors (Lipinski definition) is 3. The van der Waals surface area contributed by atoms with Crippen molar-refractivity contribution in [2.75, 3.05) is 69.5 Å². The summed E-state index contributed by atoms with van der Waals surface area (Å²) >= 11 is 0. The third-order valence-electron chi connectivity index (χ3n) is 13.8. The quantitative estimate of drug-likeness (QED) is 0.212. The van der Waals surface area contributed by atoms with Gasteiger partial charge in [0.1, 0.15) is 47.0 Å². The molecule has 3 aromatic carbocycles. The molecule has 4 saturated heterocycles. The number of benzene rings is 3. The molecule has 1 aromatic heterocycles. The van der Waals surface area contributed by atoms with Crippen molar-refractivity contribution in [1.29, 1.82) is 0 Å². The second kappa shape index (κ2) is 17.4. The van der Waals surface area contributed by atoms with Gasteiger partial charge in [0, 0.05) is 82.0 Å². The highest BCUT2D eigenvalue weighted by molar-refractivity contribution is 6.18. The first-order chi connectivity index (χ1) is 30.8. The van der Waals surface area contributed by atoms with E-state index in [-0.39, 0.29) is 36.2 Å². The summed E-state index contributed by atoms with van der Waals surface area (Å²) in [6.45, 7) is 7.83. The van der Waals surface area contributed by atoms with Crippen LogP contribution in [0.4, 0.5) is 22.1 Å². The molecule has 63 heavy (non-hydrogen) atoms. The lowest BCUT2D eigenvalue weighted by molar-refractivity contribution is -0.868. The molecular formula is C47H54N11O5+. The monoisotopic (exact) mass is 852 g/mol. The van der Waals surface area contributed by atoms with Crippen LogP contribution in [0.5, 0.6) is 11.5 Å². The number of piperazine rings is 1. The molecule has 7 heterocycles. The molecule has 16 heteroatoms. The fourth-order valence-electron chi connectivity index (χ4n) is 10.2. The summed E-state index contributed by atoms with van der Waals surface area (Å²) in [6.07, 6.45) is 7.27. The van der Waals surface area contributed by atoms with Crippen LogP contribution in [0.25, 0.3) is 0 Å². The lowest BCUT2D eigenvalue weighted by Gasteiger charge is -2.40. The Morgan fingerprint density at radius 3 is 2.40 bits per heavy atom. The van der Waals surface area contributed by atoms with Crippen LogP contribution in [0.1, 0.15) is 72.0 Å². The molecule has 0 aliphatic carbocycles. The highest BCUT2D eigenvalue weighted by atomic mass is 16.5. The van der Waals surface area contributed by atoms with Crippen LogP contribution in [0.15, 0.2) is 84.2 Å². The molecule has 0 spiro atoms. The number of ether oxygens (including phenoxy) is 1. The summed E-state index contributed by atoms with van der Waals surface area (Å²) in [5.41, 5.74) is 11.6. The Hall–Kier alpha value is -6.39. The van der Waals surface area contributed by atoms with E-state index in [9.17, 15) is 19.2 Å². The maximum Gasteiger partial charge on any atom is 0.320 e. The number of anilines is 2. The first-order valence-electron chi connectivity index (χ1n) is 22.4. The predicted octanol–water partition coefficient (Wildman–Crippen LogP) is 3.40. The van der Waals surface area contributed by atoms with Gasteiger partial charge in [0.15, 0.2) is 0 Å². The van der Waals surface area contributed by atoms with Crippen LogP contribution in [0.3, 0.4) is 0 Å². The minimum Gasteiger partial charge on any atom is -0.457 e. The van der Waals surface area contributed by atoms with Crippen molar-refractivity contribution in [3.05, 3.63) is 101 Å². The lowest BCUT2D eigenvalue weighted by atomic mass is 9.92. The number of piperidine rings is 3. The van der Waals surface area contributed by atoms with Crippen molar-refractivity contribution >= 4 is 46.8 Å². The maximum atomic E-state index is 14.0. The van der Waals surface area contributed by atoms with E-state index in [2.05, 4.69) is 31.2 Å². The van der Waals surface area contributed by atoms with Crippen LogP contribution in [-0.2, 0) is 16.1 Å². The highest BCUT2D eigenvalue weighted by Gasteiger charge is 2.43. The van der Waals surface area contributed by atoms with Crippen molar-refractivity contribution < 1.29 is 28.9 Å². The van der Waals surface area contributed by atoms with Crippen LogP contribution < -0.4 is 25.7 Å². The summed E-state index contributed by atoms with van der Waals surface area (Å²) in [4.78, 5) is 70.8. The number of nitrogens with one attached hydrogen (secondary N) is 2. The van der Waals surface area contributed by atoms with E-state index < -0.39 is 6.04 Å². The van der Waals surface area contributed by atoms with Gasteiger partial charge in [-0.25, -0.2) is 9.78 Å². The summed E-state index contributed by atoms with van der Waals surface area (Å²) in [7, 11) is 0. The molecule has 6 aliphatic rings. The number of nitrogens with zero attached hydrogens (tertiary/aromatic N) is 8.